The van der Waals surface area contributed by atoms with Crippen LogP contribution in [0.1, 0.15) is 16.9 Å². The van der Waals surface area contributed by atoms with Gasteiger partial charge in [-0.3, -0.25) is 4.79 Å². The zero-order valence-electron chi connectivity index (χ0n) is 11.5. The van der Waals surface area contributed by atoms with Crippen molar-refractivity contribution in [2.45, 2.75) is 12.6 Å². The van der Waals surface area contributed by atoms with Gasteiger partial charge in [0.1, 0.15) is 10.7 Å². The molecule has 0 bridgehead atoms. The molecule has 0 spiro atoms. The molecule has 0 unspecified atom stereocenters. The third kappa shape index (κ3) is 3.47. The Labute approximate surface area is 132 Å². The predicted octanol–water partition coefficient (Wildman–Crippen LogP) is 2.54. The van der Waals surface area contributed by atoms with Gasteiger partial charge in [-0.25, -0.2) is 14.5 Å². The van der Waals surface area contributed by atoms with Crippen molar-refractivity contribution < 1.29 is 18.0 Å². The monoisotopic (exact) mass is 341 g/mol. The SMILES string of the molecule is O=C(NCCC(F)(F)F)c1csc(-c2cnn3cccnc23)n1. The molecule has 1 amide bonds. The minimum absolute atomic E-state index is 0.0717. The number of aromatic nitrogens is 4. The topological polar surface area (TPSA) is 72.2 Å². The first-order chi connectivity index (χ1) is 10.9. The summed E-state index contributed by atoms with van der Waals surface area (Å²) < 4.78 is 37.8. The van der Waals surface area contributed by atoms with Gasteiger partial charge in [-0.2, -0.15) is 18.3 Å². The summed E-state index contributed by atoms with van der Waals surface area (Å²) in [6.07, 6.45) is -0.466. The van der Waals surface area contributed by atoms with Crippen LogP contribution in [-0.4, -0.2) is 38.2 Å². The van der Waals surface area contributed by atoms with Gasteiger partial charge in [0.2, 0.25) is 0 Å². The fourth-order valence-electron chi connectivity index (χ4n) is 1.89. The minimum atomic E-state index is -4.30. The maximum atomic E-state index is 12.1. The number of nitrogens with zero attached hydrogens (tertiary/aromatic N) is 4. The highest BCUT2D eigenvalue weighted by atomic mass is 32.1. The normalized spacial score (nSPS) is 11.8. The number of alkyl halides is 3. The van der Waals surface area contributed by atoms with E-state index in [1.165, 1.54) is 16.7 Å². The quantitative estimate of drug-likeness (QED) is 0.791. The summed E-state index contributed by atoms with van der Waals surface area (Å²) in [6, 6.07) is 1.73. The molecule has 0 fully saturated rings. The first-order valence-electron chi connectivity index (χ1n) is 6.53. The molecule has 0 aliphatic rings. The second kappa shape index (κ2) is 5.95. The van der Waals surface area contributed by atoms with Crippen LogP contribution < -0.4 is 5.32 Å². The van der Waals surface area contributed by atoms with E-state index in [1.807, 2.05) is 0 Å². The molecule has 3 heterocycles. The Kier molecular flexibility index (Phi) is 3.99. The molecule has 120 valence electrons. The molecule has 0 atom stereocenters. The number of fused-ring (bicyclic) bond motifs is 1. The molecule has 1 N–H and O–H groups in total. The Balaban J connectivity index is 1.74. The maximum Gasteiger partial charge on any atom is 0.390 e. The summed E-state index contributed by atoms with van der Waals surface area (Å²) in [5, 5.41) is 8.34. The predicted molar refractivity (Wildman–Crippen MR) is 77.1 cm³/mol. The molecule has 0 aliphatic heterocycles. The van der Waals surface area contributed by atoms with E-state index >= 15 is 0 Å². The first-order valence-corrected chi connectivity index (χ1v) is 7.41. The van der Waals surface area contributed by atoms with Gasteiger partial charge in [0, 0.05) is 24.3 Å². The molecule has 3 rings (SSSR count). The number of thiazole rings is 1. The number of hydrogen-bond donors (Lipinski definition) is 1. The first kappa shape index (κ1) is 15.4. The number of amides is 1. The summed E-state index contributed by atoms with van der Waals surface area (Å²) in [5.41, 5.74) is 1.32. The Morgan fingerprint density at radius 1 is 1.39 bits per heavy atom. The van der Waals surface area contributed by atoms with Crippen LogP contribution in [0.25, 0.3) is 16.2 Å². The summed E-state index contributed by atoms with van der Waals surface area (Å²) in [6.45, 7) is -0.479. The van der Waals surface area contributed by atoms with Crippen LogP contribution in [0.4, 0.5) is 13.2 Å². The van der Waals surface area contributed by atoms with Crippen LogP contribution in [0.5, 0.6) is 0 Å². The highest BCUT2D eigenvalue weighted by Crippen LogP contribution is 2.26. The Hall–Kier alpha value is -2.49. The van der Waals surface area contributed by atoms with Crippen molar-refractivity contribution >= 4 is 22.9 Å². The van der Waals surface area contributed by atoms with Crippen molar-refractivity contribution in [2.75, 3.05) is 6.54 Å². The molecule has 0 aliphatic carbocycles. The summed E-state index contributed by atoms with van der Waals surface area (Å²) in [4.78, 5) is 20.1. The van der Waals surface area contributed by atoms with Crippen molar-refractivity contribution in [1.29, 1.82) is 0 Å². The summed E-state index contributed by atoms with van der Waals surface area (Å²) in [5.74, 6) is -0.638. The molecule has 3 aromatic heterocycles. The van der Waals surface area contributed by atoms with E-state index in [0.29, 0.717) is 16.2 Å². The van der Waals surface area contributed by atoms with Gasteiger partial charge in [-0.1, -0.05) is 0 Å². The van der Waals surface area contributed by atoms with Crippen molar-refractivity contribution in [1.82, 2.24) is 24.9 Å². The van der Waals surface area contributed by atoms with Gasteiger partial charge < -0.3 is 5.32 Å². The van der Waals surface area contributed by atoms with Crippen LogP contribution in [0.3, 0.4) is 0 Å². The lowest BCUT2D eigenvalue weighted by molar-refractivity contribution is -0.132. The van der Waals surface area contributed by atoms with Crippen molar-refractivity contribution in [3.05, 3.63) is 35.7 Å². The fourth-order valence-corrected chi connectivity index (χ4v) is 2.69. The molecule has 0 saturated carbocycles. The van der Waals surface area contributed by atoms with E-state index in [2.05, 4.69) is 20.4 Å². The Morgan fingerprint density at radius 2 is 2.22 bits per heavy atom. The third-order valence-electron chi connectivity index (χ3n) is 2.94. The molecule has 23 heavy (non-hydrogen) atoms. The molecule has 10 heteroatoms. The van der Waals surface area contributed by atoms with Gasteiger partial charge in [0.25, 0.3) is 5.91 Å². The van der Waals surface area contributed by atoms with Crippen LogP contribution >= 0.6 is 11.3 Å². The maximum absolute atomic E-state index is 12.1. The van der Waals surface area contributed by atoms with Crippen molar-refractivity contribution in [3.8, 4) is 10.6 Å². The van der Waals surface area contributed by atoms with E-state index in [9.17, 15) is 18.0 Å². The van der Waals surface area contributed by atoms with Gasteiger partial charge in [-0.05, 0) is 6.07 Å². The lowest BCUT2D eigenvalue weighted by atomic mass is 10.3. The molecular formula is C13H10F3N5OS. The lowest BCUT2D eigenvalue weighted by Crippen LogP contribution is -2.28. The number of hydrogen-bond acceptors (Lipinski definition) is 5. The van der Waals surface area contributed by atoms with Crippen molar-refractivity contribution in [2.24, 2.45) is 0 Å². The smallest absolute Gasteiger partial charge is 0.350 e. The van der Waals surface area contributed by atoms with Crippen molar-refractivity contribution in [3.63, 3.8) is 0 Å². The highest BCUT2D eigenvalue weighted by molar-refractivity contribution is 7.13. The second-order valence-corrected chi connectivity index (χ2v) is 5.46. The molecular weight excluding hydrogens is 331 g/mol. The highest BCUT2D eigenvalue weighted by Gasteiger charge is 2.26. The van der Waals surface area contributed by atoms with Crippen LogP contribution in [0, 0.1) is 0 Å². The molecule has 0 radical (unpaired) electrons. The minimum Gasteiger partial charge on any atom is -0.350 e. The zero-order valence-corrected chi connectivity index (χ0v) is 12.4. The second-order valence-electron chi connectivity index (χ2n) is 4.61. The Morgan fingerprint density at radius 3 is 3.00 bits per heavy atom. The fraction of sp³-hybridized carbons (Fsp3) is 0.231. The van der Waals surface area contributed by atoms with E-state index in [0.717, 1.165) is 0 Å². The van der Waals surface area contributed by atoms with Gasteiger partial charge in [0.15, 0.2) is 5.65 Å². The van der Waals surface area contributed by atoms with Gasteiger partial charge >= 0.3 is 6.18 Å². The lowest BCUT2D eigenvalue weighted by Gasteiger charge is -2.06. The van der Waals surface area contributed by atoms with Crippen LogP contribution in [0.15, 0.2) is 30.0 Å². The van der Waals surface area contributed by atoms with Gasteiger partial charge in [0.05, 0.1) is 18.2 Å². The van der Waals surface area contributed by atoms with Crippen LogP contribution in [-0.2, 0) is 0 Å². The molecule has 0 aromatic carbocycles. The number of carbonyl (C=O) groups excluding carboxylic acids is 1. The molecule has 6 nitrogen and oxygen atoms in total. The number of rotatable bonds is 4. The van der Waals surface area contributed by atoms with E-state index < -0.39 is 25.0 Å². The number of halogens is 3. The van der Waals surface area contributed by atoms with E-state index in [-0.39, 0.29) is 5.69 Å². The standard InChI is InChI=1S/C13H10F3N5OS/c14-13(15,16)2-4-18-11(22)9-7-23-12(20-9)8-6-19-21-5-1-3-17-10(8)21/h1,3,5-7H,2,4H2,(H,18,22). The Bertz CT molecular complexity index is 841. The average molecular weight is 341 g/mol. The average Bonchev–Trinajstić information content (AvgIpc) is 3.12. The van der Waals surface area contributed by atoms with E-state index in [1.54, 1.807) is 29.2 Å². The molecule has 3 aromatic rings. The zero-order chi connectivity index (χ0) is 16.4. The third-order valence-corrected chi connectivity index (χ3v) is 3.82. The number of nitrogens with one attached hydrogen (secondary N) is 1. The summed E-state index contributed by atoms with van der Waals surface area (Å²) in [7, 11) is 0. The molecule has 0 saturated heterocycles. The van der Waals surface area contributed by atoms with Crippen LogP contribution in [0.2, 0.25) is 0 Å². The largest absolute Gasteiger partial charge is 0.390 e. The van der Waals surface area contributed by atoms with Gasteiger partial charge in [-0.15, -0.1) is 11.3 Å². The summed E-state index contributed by atoms with van der Waals surface area (Å²) >= 11 is 1.20. The van der Waals surface area contributed by atoms with E-state index in [4.69, 9.17) is 0 Å². The number of carbonyl (C=O) groups is 1.